The first-order valence-corrected chi connectivity index (χ1v) is 7.57. The van der Waals surface area contributed by atoms with Gasteiger partial charge in [-0.15, -0.1) is 0 Å². The molecular formula is C15H26N4O2. The van der Waals surface area contributed by atoms with Crippen LogP contribution in [0.25, 0.3) is 0 Å². The summed E-state index contributed by atoms with van der Waals surface area (Å²) in [6, 6.07) is -0.174. The molecule has 0 spiro atoms. The maximum absolute atomic E-state index is 12.2. The predicted molar refractivity (Wildman–Crippen MR) is 82.5 cm³/mol. The van der Waals surface area contributed by atoms with Crippen molar-refractivity contribution in [3.05, 3.63) is 12.4 Å². The molecule has 2 amide bonds. The van der Waals surface area contributed by atoms with Crippen LogP contribution in [0, 0.1) is 0 Å². The molecular weight excluding hydrogens is 268 g/mol. The van der Waals surface area contributed by atoms with E-state index in [9.17, 15) is 4.79 Å². The van der Waals surface area contributed by atoms with Crippen LogP contribution in [-0.2, 0) is 10.3 Å². The van der Waals surface area contributed by atoms with Gasteiger partial charge in [0.15, 0.2) is 0 Å². The molecule has 6 heteroatoms. The number of ether oxygens (including phenoxy) is 1. The van der Waals surface area contributed by atoms with Crippen molar-refractivity contribution in [1.29, 1.82) is 0 Å². The molecule has 118 valence electrons. The monoisotopic (exact) mass is 294 g/mol. The van der Waals surface area contributed by atoms with Crippen LogP contribution in [0.2, 0.25) is 0 Å². The van der Waals surface area contributed by atoms with E-state index in [0.717, 1.165) is 19.3 Å². The number of nitrogens with one attached hydrogen (secondary N) is 2. The van der Waals surface area contributed by atoms with Crippen LogP contribution < -0.4 is 10.6 Å². The SMILES string of the molecule is CCC1(NC(=O)Nc2cnn(C(C)(C)C)c2)CCOCC1. The van der Waals surface area contributed by atoms with Gasteiger partial charge in [0.05, 0.1) is 17.4 Å². The number of carbonyl (C=O) groups excluding carboxylic acids is 1. The van der Waals surface area contributed by atoms with Crippen molar-refractivity contribution < 1.29 is 9.53 Å². The maximum atomic E-state index is 12.2. The van der Waals surface area contributed by atoms with E-state index >= 15 is 0 Å². The molecule has 0 radical (unpaired) electrons. The molecule has 21 heavy (non-hydrogen) atoms. The molecule has 1 aliphatic heterocycles. The number of urea groups is 1. The third kappa shape index (κ3) is 3.97. The molecule has 0 bridgehead atoms. The van der Waals surface area contributed by atoms with Crippen LogP contribution in [0.4, 0.5) is 10.5 Å². The van der Waals surface area contributed by atoms with Gasteiger partial charge in [0.1, 0.15) is 0 Å². The lowest BCUT2D eigenvalue weighted by atomic mass is 9.87. The summed E-state index contributed by atoms with van der Waals surface area (Å²) in [5.41, 5.74) is 0.463. The zero-order valence-corrected chi connectivity index (χ0v) is 13.4. The van der Waals surface area contributed by atoms with Crippen molar-refractivity contribution in [3.8, 4) is 0 Å². The van der Waals surface area contributed by atoms with Gasteiger partial charge in [0, 0.05) is 24.9 Å². The fourth-order valence-electron chi connectivity index (χ4n) is 2.49. The van der Waals surface area contributed by atoms with E-state index in [2.05, 4.69) is 43.4 Å². The lowest BCUT2D eigenvalue weighted by Gasteiger charge is -2.37. The van der Waals surface area contributed by atoms with Crippen molar-refractivity contribution in [2.24, 2.45) is 0 Å². The Kier molecular flexibility index (Phi) is 4.56. The Morgan fingerprint density at radius 2 is 2.10 bits per heavy atom. The maximum Gasteiger partial charge on any atom is 0.319 e. The van der Waals surface area contributed by atoms with Crippen LogP contribution >= 0.6 is 0 Å². The number of anilines is 1. The third-order valence-corrected chi connectivity index (χ3v) is 4.03. The second-order valence-corrected chi connectivity index (χ2v) is 6.67. The smallest absolute Gasteiger partial charge is 0.319 e. The second kappa shape index (κ2) is 6.05. The molecule has 0 atom stereocenters. The Bertz CT molecular complexity index is 484. The Balaban J connectivity index is 1.96. The Morgan fingerprint density at radius 3 is 2.62 bits per heavy atom. The molecule has 2 rings (SSSR count). The first-order valence-electron chi connectivity index (χ1n) is 7.57. The minimum atomic E-state index is -0.174. The predicted octanol–water partition coefficient (Wildman–Crippen LogP) is 2.72. The summed E-state index contributed by atoms with van der Waals surface area (Å²) in [6.07, 6.45) is 6.15. The number of carbonyl (C=O) groups is 1. The molecule has 1 fully saturated rings. The Morgan fingerprint density at radius 1 is 1.43 bits per heavy atom. The summed E-state index contributed by atoms with van der Waals surface area (Å²) in [7, 11) is 0. The van der Waals surface area contributed by atoms with Crippen molar-refractivity contribution in [3.63, 3.8) is 0 Å². The average Bonchev–Trinajstić information content (AvgIpc) is 2.88. The summed E-state index contributed by atoms with van der Waals surface area (Å²) in [4.78, 5) is 12.2. The average molecular weight is 294 g/mol. The fraction of sp³-hybridized carbons (Fsp3) is 0.733. The summed E-state index contributed by atoms with van der Waals surface area (Å²) in [5, 5.41) is 10.3. The van der Waals surface area contributed by atoms with Gasteiger partial charge in [-0.3, -0.25) is 4.68 Å². The molecule has 0 aliphatic carbocycles. The first kappa shape index (κ1) is 15.8. The highest BCUT2D eigenvalue weighted by Gasteiger charge is 2.32. The van der Waals surface area contributed by atoms with E-state index in [-0.39, 0.29) is 17.1 Å². The molecule has 1 aromatic heterocycles. The number of hydrogen-bond acceptors (Lipinski definition) is 3. The van der Waals surface area contributed by atoms with E-state index in [4.69, 9.17) is 4.74 Å². The summed E-state index contributed by atoms with van der Waals surface area (Å²) >= 11 is 0. The highest BCUT2D eigenvalue weighted by molar-refractivity contribution is 5.89. The number of rotatable bonds is 3. The summed E-state index contributed by atoms with van der Waals surface area (Å²) < 4.78 is 7.22. The van der Waals surface area contributed by atoms with Crippen LogP contribution in [-0.4, -0.2) is 34.6 Å². The standard InChI is InChI=1S/C15H26N4O2/c1-5-15(6-8-21-9-7-15)18-13(20)17-12-10-16-19(11-12)14(2,3)4/h10-11H,5-9H2,1-4H3,(H2,17,18,20). The van der Waals surface area contributed by atoms with Crippen molar-refractivity contribution >= 4 is 11.7 Å². The molecule has 0 aromatic carbocycles. The number of hydrogen-bond donors (Lipinski definition) is 2. The molecule has 1 saturated heterocycles. The second-order valence-electron chi connectivity index (χ2n) is 6.67. The van der Waals surface area contributed by atoms with Gasteiger partial charge >= 0.3 is 6.03 Å². The van der Waals surface area contributed by atoms with E-state index in [0.29, 0.717) is 18.9 Å². The van der Waals surface area contributed by atoms with E-state index in [1.807, 2.05) is 10.9 Å². The molecule has 0 unspecified atom stereocenters. The minimum Gasteiger partial charge on any atom is -0.381 e. The van der Waals surface area contributed by atoms with Crippen molar-refractivity contribution in [2.75, 3.05) is 18.5 Å². The van der Waals surface area contributed by atoms with Gasteiger partial charge < -0.3 is 15.4 Å². The zero-order valence-electron chi connectivity index (χ0n) is 13.4. The van der Waals surface area contributed by atoms with Gasteiger partial charge in [0.2, 0.25) is 0 Å². The first-order chi connectivity index (χ1) is 9.85. The number of aromatic nitrogens is 2. The molecule has 0 saturated carbocycles. The van der Waals surface area contributed by atoms with Crippen LogP contribution in [0.1, 0.15) is 47.0 Å². The van der Waals surface area contributed by atoms with Gasteiger partial charge in [-0.05, 0) is 40.0 Å². The zero-order chi connectivity index (χ0) is 15.5. The third-order valence-electron chi connectivity index (χ3n) is 4.03. The Hall–Kier alpha value is -1.56. The molecule has 2 N–H and O–H groups in total. The molecule has 6 nitrogen and oxygen atoms in total. The van der Waals surface area contributed by atoms with E-state index < -0.39 is 0 Å². The van der Waals surface area contributed by atoms with Gasteiger partial charge in [-0.25, -0.2) is 4.79 Å². The highest BCUT2D eigenvalue weighted by atomic mass is 16.5. The minimum absolute atomic E-state index is 0.0955. The lowest BCUT2D eigenvalue weighted by molar-refractivity contribution is 0.0416. The van der Waals surface area contributed by atoms with Crippen molar-refractivity contribution in [1.82, 2.24) is 15.1 Å². The number of amides is 2. The molecule has 1 aliphatic rings. The van der Waals surface area contributed by atoms with Crippen LogP contribution in [0.5, 0.6) is 0 Å². The highest BCUT2D eigenvalue weighted by Crippen LogP contribution is 2.24. The number of nitrogens with zero attached hydrogens (tertiary/aromatic N) is 2. The molecule has 1 aromatic rings. The van der Waals surface area contributed by atoms with E-state index in [1.54, 1.807) is 6.20 Å². The van der Waals surface area contributed by atoms with Gasteiger partial charge in [-0.1, -0.05) is 6.92 Å². The van der Waals surface area contributed by atoms with Crippen molar-refractivity contribution in [2.45, 2.75) is 58.0 Å². The lowest BCUT2D eigenvalue weighted by Crippen LogP contribution is -2.52. The van der Waals surface area contributed by atoms with Crippen LogP contribution in [0.15, 0.2) is 12.4 Å². The summed E-state index contributed by atoms with van der Waals surface area (Å²) in [5.74, 6) is 0. The van der Waals surface area contributed by atoms with Crippen LogP contribution in [0.3, 0.4) is 0 Å². The normalized spacial score (nSPS) is 18.3. The molecule has 2 heterocycles. The van der Waals surface area contributed by atoms with E-state index in [1.165, 1.54) is 0 Å². The topological polar surface area (TPSA) is 68.2 Å². The van der Waals surface area contributed by atoms with Gasteiger partial charge in [0.25, 0.3) is 0 Å². The Labute approximate surface area is 126 Å². The van der Waals surface area contributed by atoms with Gasteiger partial charge in [-0.2, -0.15) is 5.10 Å². The fourth-order valence-corrected chi connectivity index (χ4v) is 2.49. The quantitative estimate of drug-likeness (QED) is 0.900. The summed E-state index contributed by atoms with van der Waals surface area (Å²) in [6.45, 7) is 9.71. The largest absolute Gasteiger partial charge is 0.381 e.